The van der Waals surface area contributed by atoms with E-state index in [0.717, 1.165) is 56.0 Å². The zero-order chi connectivity index (χ0) is 21.5. The summed E-state index contributed by atoms with van der Waals surface area (Å²) in [6.45, 7) is 4.12. The smallest absolute Gasteiger partial charge is 0.123 e. The van der Waals surface area contributed by atoms with Crippen molar-refractivity contribution in [1.82, 2.24) is 14.9 Å². The summed E-state index contributed by atoms with van der Waals surface area (Å²) in [6, 6.07) is 7.90. The van der Waals surface area contributed by atoms with Crippen LogP contribution >= 0.6 is 0 Å². The van der Waals surface area contributed by atoms with Crippen LogP contribution in [0.1, 0.15) is 36.4 Å². The third-order valence-electron chi connectivity index (χ3n) is 5.97. The fourth-order valence-corrected chi connectivity index (χ4v) is 4.24. The Morgan fingerprint density at radius 3 is 2.77 bits per heavy atom. The van der Waals surface area contributed by atoms with Crippen LogP contribution in [0, 0.1) is 0 Å². The van der Waals surface area contributed by atoms with Gasteiger partial charge in [0.05, 0.1) is 20.3 Å². The Balaban J connectivity index is 1.28. The third-order valence-corrected chi connectivity index (χ3v) is 5.97. The van der Waals surface area contributed by atoms with Crippen molar-refractivity contribution < 1.29 is 19.3 Å². The normalized spacial score (nSPS) is 19.0. The van der Waals surface area contributed by atoms with Crippen LogP contribution in [-0.4, -0.2) is 72.6 Å². The van der Waals surface area contributed by atoms with Gasteiger partial charge < -0.3 is 24.2 Å². The molecule has 2 aliphatic heterocycles. The van der Waals surface area contributed by atoms with E-state index in [4.69, 9.17) is 14.2 Å². The molecule has 2 aromatic rings. The summed E-state index contributed by atoms with van der Waals surface area (Å²) >= 11 is 0. The van der Waals surface area contributed by atoms with Crippen LogP contribution in [0.25, 0.3) is 5.57 Å². The van der Waals surface area contributed by atoms with Gasteiger partial charge in [-0.15, -0.1) is 0 Å². The van der Waals surface area contributed by atoms with Gasteiger partial charge >= 0.3 is 0 Å². The molecule has 1 atom stereocenters. The number of β-amino-alcohol motifs (C(OH)–C–C–N with tert-alkyl or cyclic N) is 1. The minimum atomic E-state index is -0.549. The highest BCUT2D eigenvalue weighted by Crippen LogP contribution is 2.30. The summed E-state index contributed by atoms with van der Waals surface area (Å²) in [7, 11) is 1.65. The quantitative estimate of drug-likeness (QED) is 0.697. The maximum Gasteiger partial charge on any atom is 0.123 e. The summed E-state index contributed by atoms with van der Waals surface area (Å²) in [5.74, 6) is 1.94. The summed E-state index contributed by atoms with van der Waals surface area (Å²) in [5, 5.41) is 10.5. The number of likely N-dealkylation sites (tertiary alicyclic amines) is 1. The number of aliphatic hydroxyl groups is 1. The number of hydrogen-bond donors (Lipinski definition) is 1. The Labute approximate surface area is 183 Å². The van der Waals surface area contributed by atoms with Gasteiger partial charge in [-0.1, -0.05) is 6.08 Å². The number of rotatable bonds is 8. The number of methoxy groups -OCH3 is 1. The molecular formula is C24H31N3O4. The maximum absolute atomic E-state index is 10.5. The fraction of sp³-hybridized carbons (Fsp3) is 0.500. The molecule has 1 unspecified atom stereocenters. The maximum atomic E-state index is 10.5. The lowest BCUT2D eigenvalue weighted by atomic mass is 9.93. The van der Waals surface area contributed by atoms with E-state index in [1.807, 2.05) is 24.3 Å². The minimum Gasteiger partial charge on any atom is -0.497 e. The van der Waals surface area contributed by atoms with Gasteiger partial charge in [0.25, 0.3) is 0 Å². The second-order valence-corrected chi connectivity index (χ2v) is 8.13. The van der Waals surface area contributed by atoms with Gasteiger partial charge in [0.15, 0.2) is 0 Å². The Bertz CT molecular complexity index is 866. The molecule has 0 bridgehead atoms. The first-order valence-electron chi connectivity index (χ1n) is 11.0. The lowest BCUT2D eigenvalue weighted by Gasteiger charge is -2.32. The molecule has 4 rings (SSSR count). The average molecular weight is 426 g/mol. The third kappa shape index (κ3) is 6.03. The van der Waals surface area contributed by atoms with Crippen molar-refractivity contribution in [2.24, 2.45) is 0 Å². The van der Waals surface area contributed by atoms with Gasteiger partial charge in [0.1, 0.15) is 30.5 Å². The number of aromatic nitrogens is 2. The van der Waals surface area contributed by atoms with Crippen molar-refractivity contribution in [2.75, 3.05) is 46.6 Å². The molecule has 1 aromatic heterocycles. The standard InChI is InChI=1S/C24H31N3O4/c1-29-22-12-20(18-5-10-30-11-6-18)13-23(14-22)31-16-21(28)15-27-8-3-19(4-9-27)24-2-7-25-17-26-24/h2,5,7,12-14,17,19,21,28H,3-4,6,8-11,15-16H2,1H3. The summed E-state index contributed by atoms with van der Waals surface area (Å²) in [4.78, 5) is 10.7. The van der Waals surface area contributed by atoms with Crippen molar-refractivity contribution >= 4 is 5.57 Å². The average Bonchev–Trinajstić information content (AvgIpc) is 2.84. The zero-order valence-electron chi connectivity index (χ0n) is 18.1. The van der Waals surface area contributed by atoms with Gasteiger partial charge in [-0.05, 0) is 61.7 Å². The Morgan fingerprint density at radius 2 is 2.06 bits per heavy atom. The molecule has 166 valence electrons. The second kappa shape index (κ2) is 10.7. The molecule has 0 saturated carbocycles. The van der Waals surface area contributed by atoms with Crippen molar-refractivity contribution in [3.05, 3.63) is 54.1 Å². The van der Waals surface area contributed by atoms with Gasteiger partial charge in [-0.25, -0.2) is 9.97 Å². The lowest BCUT2D eigenvalue weighted by Crippen LogP contribution is -2.40. The first-order chi connectivity index (χ1) is 15.2. The summed E-state index contributed by atoms with van der Waals surface area (Å²) in [5.41, 5.74) is 3.44. The molecule has 7 heteroatoms. The van der Waals surface area contributed by atoms with E-state index in [9.17, 15) is 5.11 Å². The number of ether oxygens (including phenoxy) is 3. The number of benzene rings is 1. The molecule has 3 heterocycles. The molecule has 0 aliphatic carbocycles. The largest absolute Gasteiger partial charge is 0.497 e. The van der Waals surface area contributed by atoms with Crippen LogP contribution in [0.15, 0.2) is 42.9 Å². The van der Waals surface area contributed by atoms with Crippen molar-refractivity contribution in [3.8, 4) is 11.5 Å². The van der Waals surface area contributed by atoms with Crippen molar-refractivity contribution in [1.29, 1.82) is 0 Å². The lowest BCUT2D eigenvalue weighted by molar-refractivity contribution is 0.0592. The van der Waals surface area contributed by atoms with E-state index < -0.39 is 6.10 Å². The zero-order valence-corrected chi connectivity index (χ0v) is 18.1. The van der Waals surface area contributed by atoms with E-state index in [1.165, 1.54) is 5.57 Å². The van der Waals surface area contributed by atoms with Crippen LogP contribution in [0.4, 0.5) is 0 Å². The summed E-state index contributed by atoms with van der Waals surface area (Å²) < 4.78 is 16.8. The van der Waals surface area contributed by atoms with Gasteiger partial charge in [-0.3, -0.25) is 0 Å². The fourth-order valence-electron chi connectivity index (χ4n) is 4.24. The second-order valence-electron chi connectivity index (χ2n) is 8.13. The van der Waals surface area contributed by atoms with Crippen LogP contribution in [-0.2, 0) is 4.74 Å². The van der Waals surface area contributed by atoms with E-state index in [1.54, 1.807) is 19.6 Å². The van der Waals surface area contributed by atoms with Crippen LogP contribution in [0.5, 0.6) is 11.5 Å². The number of nitrogens with zero attached hydrogens (tertiary/aromatic N) is 3. The molecule has 0 spiro atoms. The highest BCUT2D eigenvalue weighted by molar-refractivity contribution is 5.68. The topological polar surface area (TPSA) is 76.9 Å². The van der Waals surface area contributed by atoms with Crippen LogP contribution in [0.2, 0.25) is 0 Å². The van der Waals surface area contributed by atoms with Gasteiger partial charge in [-0.2, -0.15) is 0 Å². The van der Waals surface area contributed by atoms with E-state index >= 15 is 0 Å². The molecule has 7 nitrogen and oxygen atoms in total. The minimum absolute atomic E-state index is 0.251. The van der Waals surface area contributed by atoms with Crippen molar-refractivity contribution in [2.45, 2.75) is 31.3 Å². The molecule has 2 aliphatic rings. The number of aliphatic hydroxyl groups excluding tert-OH is 1. The molecule has 1 fully saturated rings. The highest BCUT2D eigenvalue weighted by atomic mass is 16.5. The Hall–Kier alpha value is -2.48. The van der Waals surface area contributed by atoms with E-state index in [0.29, 0.717) is 24.8 Å². The predicted octanol–water partition coefficient (Wildman–Crippen LogP) is 2.91. The molecule has 0 radical (unpaired) electrons. The van der Waals surface area contributed by atoms with Crippen LogP contribution < -0.4 is 9.47 Å². The first-order valence-corrected chi connectivity index (χ1v) is 11.0. The predicted molar refractivity (Wildman–Crippen MR) is 118 cm³/mol. The van der Waals surface area contributed by atoms with E-state index in [-0.39, 0.29) is 6.61 Å². The molecule has 1 N–H and O–H groups in total. The van der Waals surface area contributed by atoms with Crippen LogP contribution in [0.3, 0.4) is 0 Å². The molecule has 1 aromatic carbocycles. The van der Waals surface area contributed by atoms with Gasteiger partial charge in [0.2, 0.25) is 0 Å². The number of piperidine rings is 1. The Morgan fingerprint density at radius 1 is 1.23 bits per heavy atom. The first kappa shape index (κ1) is 21.7. The van der Waals surface area contributed by atoms with Crippen molar-refractivity contribution in [3.63, 3.8) is 0 Å². The molecular weight excluding hydrogens is 394 g/mol. The van der Waals surface area contributed by atoms with E-state index in [2.05, 4.69) is 20.9 Å². The monoisotopic (exact) mass is 425 g/mol. The summed E-state index contributed by atoms with van der Waals surface area (Å²) in [6.07, 6.45) is 7.93. The highest BCUT2D eigenvalue weighted by Gasteiger charge is 2.23. The molecule has 31 heavy (non-hydrogen) atoms. The number of hydrogen-bond acceptors (Lipinski definition) is 7. The SMILES string of the molecule is COc1cc(OCC(O)CN2CCC(c3ccncn3)CC2)cc(C2=CCOCC2)c1. The Kier molecular flexibility index (Phi) is 7.51. The molecule has 0 amide bonds. The van der Waals surface area contributed by atoms with Gasteiger partial charge in [0, 0.05) is 30.4 Å². The molecule has 1 saturated heterocycles.